The summed E-state index contributed by atoms with van der Waals surface area (Å²) in [4.78, 5) is 0. The van der Waals surface area contributed by atoms with Crippen LogP contribution in [0.2, 0.25) is 12.1 Å². The molecule has 0 aliphatic rings. The molecule has 2 heteroatoms. The van der Waals surface area contributed by atoms with E-state index in [4.69, 9.17) is 0 Å². The first-order chi connectivity index (χ1) is 7.63. The van der Waals surface area contributed by atoms with Gasteiger partial charge in [0.05, 0.1) is 0 Å². The third-order valence-corrected chi connectivity index (χ3v) is 6.79. The van der Waals surface area contributed by atoms with Crippen molar-refractivity contribution in [2.75, 3.05) is 0 Å². The van der Waals surface area contributed by atoms with Gasteiger partial charge in [-0.3, -0.25) is 0 Å². The molecule has 0 fully saturated rings. The molecular formula is C14H30Si2. The Kier molecular flexibility index (Phi) is 11.3. The molecule has 0 nitrogen and oxygen atoms in total. The zero-order chi connectivity index (χ0) is 12.2. The summed E-state index contributed by atoms with van der Waals surface area (Å²) < 4.78 is 0. The van der Waals surface area contributed by atoms with Gasteiger partial charge < -0.3 is 0 Å². The van der Waals surface area contributed by atoms with Crippen LogP contribution in [-0.2, 0) is 0 Å². The van der Waals surface area contributed by atoms with Crippen LogP contribution in [0.1, 0.15) is 53.4 Å². The Morgan fingerprint density at radius 1 is 0.688 bits per heavy atom. The molecule has 0 aliphatic carbocycles. The fourth-order valence-electron chi connectivity index (χ4n) is 1.78. The van der Waals surface area contributed by atoms with Crippen molar-refractivity contribution < 1.29 is 0 Å². The van der Waals surface area contributed by atoms with Crippen LogP contribution in [-0.4, -0.2) is 19.0 Å². The molecule has 0 atom stereocenters. The SMILES string of the molecule is CC(C)=C[SiH2]CCCCCC[SiH2]C=C(C)C. The molecule has 0 N–H and O–H groups in total. The lowest BCUT2D eigenvalue weighted by Gasteiger charge is -1.99. The first kappa shape index (κ1) is 15.9. The molecule has 0 rings (SSSR count). The summed E-state index contributed by atoms with van der Waals surface area (Å²) in [6.45, 7) is 8.89. The molecule has 0 saturated heterocycles. The van der Waals surface area contributed by atoms with Crippen LogP contribution < -0.4 is 0 Å². The Labute approximate surface area is 107 Å². The molecule has 0 bridgehead atoms. The number of unbranched alkanes of at least 4 members (excludes halogenated alkanes) is 3. The maximum Gasteiger partial charge on any atom is 0.0453 e. The van der Waals surface area contributed by atoms with E-state index in [0.717, 1.165) is 0 Å². The highest BCUT2D eigenvalue weighted by molar-refractivity contribution is 6.42. The van der Waals surface area contributed by atoms with Crippen molar-refractivity contribution in [3.8, 4) is 0 Å². The van der Waals surface area contributed by atoms with Crippen molar-refractivity contribution in [3.05, 3.63) is 22.5 Å². The van der Waals surface area contributed by atoms with Gasteiger partial charge in [-0.25, -0.2) is 0 Å². The van der Waals surface area contributed by atoms with Crippen molar-refractivity contribution in [2.45, 2.75) is 65.5 Å². The molecule has 0 aromatic rings. The summed E-state index contributed by atoms with van der Waals surface area (Å²) in [7, 11) is 0.293. The largest absolute Gasteiger partial charge is 0.103 e. The molecular weight excluding hydrogens is 224 g/mol. The summed E-state index contributed by atoms with van der Waals surface area (Å²) >= 11 is 0. The van der Waals surface area contributed by atoms with E-state index < -0.39 is 0 Å². The molecule has 0 unspecified atom stereocenters. The maximum atomic E-state index is 2.50. The van der Waals surface area contributed by atoms with E-state index in [1.807, 2.05) is 0 Å². The third kappa shape index (κ3) is 13.9. The highest BCUT2D eigenvalue weighted by Crippen LogP contribution is 2.06. The van der Waals surface area contributed by atoms with E-state index in [1.54, 1.807) is 0 Å². The Balaban J connectivity index is 3.10. The predicted molar refractivity (Wildman–Crippen MR) is 84.0 cm³/mol. The number of hydrogen-bond donors (Lipinski definition) is 0. The molecule has 16 heavy (non-hydrogen) atoms. The normalized spacial score (nSPS) is 11.5. The van der Waals surface area contributed by atoms with E-state index in [1.165, 1.54) is 48.9 Å². The van der Waals surface area contributed by atoms with Gasteiger partial charge in [0.1, 0.15) is 0 Å². The monoisotopic (exact) mass is 254 g/mol. The lowest BCUT2D eigenvalue weighted by atomic mass is 10.2. The number of hydrogen-bond acceptors (Lipinski definition) is 0. The second-order valence-electron chi connectivity index (χ2n) is 5.26. The van der Waals surface area contributed by atoms with Crippen LogP contribution >= 0.6 is 0 Å². The predicted octanol–water partition coefficient (Wildman–Crippen LogP) is 3.57. The van der Waals surface area contributed by atoms with Gasteiger partial charge in [0.15, 0.2) is 0 Å². The van der Waals surface area contributed by atoms with Crippen LogP contribution in [0.4, 0.5) is 0 Å². The Bertz CT molecular complexity index is 185. The van der Waals surface area contributed by atoms with Gasteiger partial charge in [0.2, 0.25) is 0 Å². The van der Waals surface area contributed by atoms with Crippen LogP contribution in [0.3, 0.4) is 0 Å². The van der Waals surface area contributed by atoms with E-state index in [0.29, 0.717) is 0 Å². The van der Waals surface area contributed by atoms with E-state index in [-0.39, 0.29) is 19.0 Å². The summed E-state index contributed by atoms with van der Waals surface area (Å²) in [5.74, 6) is 0. The van der Waals surface area contributed by atoms with Crippen LogP contribution in [0.15, 0.2) is 22.5 Å². The van der Waals surface area contributed by atoms with Crippen molar-refractivity contribution in [3.63, 3.8) is 0 Å². The first-order valence-corrected chi connectivity index (χ1v) is 10.5. The molecule has 0 amide bonds. The average molecular weight is 255 g/mol. The molecule has 0 aromatic heterocycles. The molecule has 0 saturated carbocycles. The lowest BCUT2D eigenvalue weighted by molar-refractivity contribution is 0.699. The average Bonchev–Trinajstić information content (AvgIpc) is 2.20. The highest BCUT2D eigenvalue weighted by atomic mass is 28.2. The Morgan fingerprint density at radius 2 is 1.06 bits per heavy atom. The number of allylic oxidation sites excluding steroid dienone is 2. The zero-order valence-corrected chi connectivity index (χ0v) is 14.6. The Hall–Kier alpha value is -0.0862. The second kappa shape index (κ2) is 11.4. The molecule has 0 heterocycles. The first-order valence-electron chi connectivity index (χ1n) is 6.89. The summed E-state index contributed by atoms with van der Waals surface area (Å²) in [5, 5.41) is 0. The van der Waals surface area contributed by atoms with Gasteiger partial charge in [-0.05, 0) is 27.7 Å². The van der Waals surface area contributed by atoms with E-state index in [9.17, 15) is 0 Å². The van der Waals surface area contributed by atoms with Gasteiger partial charge in [-0.1, -0.05) is 48.9 Å². The quantitative estimate of drug-likeness (QED) is 0.436. The summed E-state index contributed by atoms with van der Waals surface area (Å²) in [6.07, 6.45) is 5.93. The van der Waals surface area contributed by atoms with Crippen LogP contribution in [0.5, 0.6) is 0 Å². The van der Waals surface area contributed by atoms with Crippen LogP contribution in [0.25, 0.3) is 0 Å². The molecule has 0 radical (unpaired) electrons. The van der Waals surface area contributed by atoms with E-state index in [2.05, 4.69) is 39.1 Å². The fourth-order valence-corrected chi connectivity index (χ4v) is 4.62. The van der Waals surface area contributed by atoms with Gasteiger partial charge in [-0.15, -0.1) is 11.4 Å². The molecule has 0 aromatic carbocycles. The topological polar surface area (TPSA) is 0 Å². The molecule has 94 valence electrons. The highest BCUT2D eigenvalue weighted by Gasteiger charge is 1.91. The minimum Gasteiger partial charge on any atom is -0.103 e. The van der Waals surface area contributed by atoms with Gasteiger partial charge in [-0.2, -0.15) is 0 Å². The summed E-state index contributed by atoms with van der Waals surface area (Å²) in [5.41, 5.74) is 8.06. The van der Waals surface area contributed by atoms with Crippen molar-refractivity contribution >= 4 is 19.0 Å². The Morgan fingerprint density at radius 3 is 1.38 bits per heavy atom. The van der Waals surface area contributed by atoms with Crippen molar-refractivity contribution in [1.82, 2.24) is 0 Å². The minimum absolute atomic E-state index is 0.146. The third-order valence-electron chi connectivity index (χ3n) is 2.76. The van der Waals surface area contributed by atoms with Gasteiger partial charge in [0.25, 0.3) is 0 Å². The van der Waals surface area contributed by atoms with Crippen molar-refractivity contribution in [1.29, 1.82) is 0 Å². The zero-order valence-electron chi connectivity index (χ0n) is 11.8. The second-order valence-corrected chi connectivity index (χ2v) is 8.65. The molecule has 0 spiro atoms. The minimum atomic E-state index is 0.146. The van der Waals surface area contributed by atoms with Crippen molar-refractivity contribution in [2.24, 2.45) is 0 Å². The van der Waals surface area contributed by atoms with Gasteiger partial charge in [0, 0.05) is 19.0 Å². The maximum absolute atomic E-state index is 2.50. The molecule has 0 aliphatic heterocycles. The standard InChI is InChI=1S/C14H30Si2/c1-13(2)11-15-9-7-5-6-8-10-16-12-14(3)4/h11-12H,5-10,15-16H2,1-4H3. The van der Waals surface area contributed by atoms with Gasteiger partial charge >= 0.3 is 0 Å². The van der Waals surface area contributed by atoms with E-state index >= 15 is 0 Å². The smallest absolute Gasteiger partial charge is 0.0453 e. The van der Waals surface area contributed by atoms with Crippen LogP contribution in [0, 0.1) is 0 Å². The lowest BCUT2D eigenvalue weighted by Crippen LogP contribution is -1.88. The summed E-state index contributed by atoms with van der Waals surface area (Å²) in [6, 6.07) is 3.05. The fraction of sp³-hybridized carbons (Fsp3) is 0.714. The number of rotatable bonds is 9.